The molecular weight excluding hydrogens is 348 g/mol. The van der Waals surface area contributed by atoms with Crippen molar-refractivity contribution in [3.63, 3.8) is 0 Å². The molecule has 0 heterocycles. The second kappa shape index (κ2) is 9.25. The predicted molar refractivity (Wildman–Crippen MR) is 107 cm³/mol. The van der Waals surface area contributed by atoms with E-state index in [9.17, 15) is 9.59 Å². The van der Waals surface area contributed by atoms with Crippen LogP contribution in [0, 0.1) is 0 Å². The zero-order valence-electron chi connectivity index (χ0n) is 15.1. The van der Waals surface area contributed by atoms with Crippen LogP contribution in [0.3, 0.4) is 0 Å². The SMILES string of the molecule is CC(C)c1ccccc1SC(=O)CC(=O)Sc1ccccc1C(C)C. The Bertz CT molecular complexity index is 688. The van der Waals surface area contributed by atoms with E-state index in [2.05, 4.69) is 27.7 Å². The van der Waals surface area contributed by atoms with Gasteiger partial charge in [-0.3, -0.25) is 9.59 Å². The third kappa shape index (κ3) is 5.75. The van der Waals surface area contributed by atoms with Crippen molar-refractivity contribution in [2.75, 3.05) is 0 Å². The number of carbonyl (C=O) groups is 2. The Kier molecular flexibility index (Phi) is 7.33. The van der Waals surface area contributed by atoms with Gasteiger partial charge >= 0.3 is 0 Å². The topological polar surface area (TPSA) is 34.1 Å². The van der Waals surface area contributed by atoms with Crippen LogP contribution in [0.4, 0.5) is 0 Å². The highest BCUT2D eigenvalue weighted by atomic mass is 32.2. The van der Waals surface area contributed by atoms with Crippen LogP contribution in [-0.4, -0.2) is 10.2 Å². The summed E-state index contributed by atoms with van der Waals surface area (Å²) >= 11 is 2.35. The Labute approximate surface area is 158 Å². The van der Waals surface area contributed by atoms with Gasteiger partial charge < -0.3 is 0 Å². The molecule has 0 saturated carbocycles. The quantitative estimate of drug-likeness (QED) is 0.442. The van der Waals surface area contributed by atoms with Crippen molar-refractivity contribution >= 4 is 33.8 Å². The zero-order chi connectivity index (χ0) is 18.4. The van der Waals surface area contributed by atoms with E-state index < -0.39 is 0 Å². The normalized spacial score (nSPS) is 11.1. The van der Waals surface area contributed by atoms with Crippen molar-refractivity contribution in [2.24, 2.45) is 0 Å². The van der Waals surface area contributed by atoms with Gasteiger partial charge in [-0.2, -0.15) is 0 Å². The first-order valence-electron chi connectivity index (χ1n) is 8.47. The Morgan fingerprint density at radius 3 is 1.44 bits per heavy atom. The molecule has 0 aliphatic heterocycles. The zero-order valence-corrected chi connectivity index (χ0v) is 16.7. The lowest BCUT2D eigenvalue weighted by molar-refractivity contribution is -0.117. The lowest BCUT2D eigenvalue weighted by atomic mass is 10.0. The summed E-state index contributed by atoms with van der Waals surface area (Å²) in [5.74, 6) is 0.694. The Morgan fingerprint density at radius 2 is 1.08 bits per heavy atom. The number of rotatable bonds is 6. The lowest BCUT2D eigenvalue weighted by Crippen LogP contribution is -2.03. The van der Waals surface area contributed by atoms with Gasteiger partial charge in [-0.1, -0.05) is 87.6 Å². The lowest BCUT2D eigenvalue weighted by Gasteiger charge is -2.12. The monoisotopic (exact) mass is 372 g/mol. The molecule has 2 nitrogen and oxygen atoms in total. The Morgan fingerprint density at radius 1 is 0.720 bits per heavy atom. The maximum atomic E-state index is 12.3. The van der Waals surface area contributed by atoms with Crippen molar-refractivity contribution in [1.82, 2.24) is 0 Å². The average Bonchev–Trinajstić information content (AvgIpc) is 2.55. The van der Waals surface area contributed by atoms with Crippen LogP contribution in [0.5, 0.6) is 0 Å². The first kappa shape index (κ1) is 19.8. The molecule has 0 saturated heterocycles. The number of hydrogen-bond acceptors (Lipinski definition) is 4. The minimum Gasteiger partial charge on any atom is -0.286 e. The first-order chi connectivity index (χ1) is 11.9. The smallest absolute Gasteiger partial charge is 0.202 e. The molecule has 2 rings (SSSR count). The average molecular weight is 373 g/mol. The van der Waals surface area contributed by atoms with Crippen LogP contribution in [0.2, 0.25) is 0 Å². The number of carbonyl (C=O) groups excluding carboxylic acids is 2. The van der Waals surface area contributed by atoms with Crippen LogP contribution in [0.25, 0.3) is 0 Å². The van der Waals surface area contributed by atoms with Crippen molar-refractivity contribution < 1.29 is 9.59 Å². The van der Waals surface area contributed by atoms with E-state index in [1.807, 2.05) is 48.5 Å². The Hall–Kier alpha value is -1.52. The van der Waals surface area contributed by atoms with E-state index in [1.54, 1.807) is 0 Å². The predicted octanol–water partition coefficient (Wildman–Crippen LogP) is 6.26. The van der Waals surface area contributed by atoms with Gasteiger partial charge in [0.15, 0.2) is 0 Å². The summed E-state index contributed by atoms with van der Waals surface area (Å²) < 4.78 is 0. The highest BCUT2D eigenvalue weighted by Gasteiger charge is 2.17. The number of thioether (sulfide) groups is 2. The van der Waals surface area contributed by atoms with E-state index in [4.69, 9.17) is 0 Å². The molecule has 132 valence electrons. The second-order valence-corrected chi connectivity index (χ2v) is 8.71. The van der Waals surface area contributed by atoms with Gasteiger partial charge in [0, 0.05) is 9.79 Å². The molecule has 0 bridgehead atoms. The third-order valence-corrected chi connectivity index (χ3v) is 5.75. The number of benzene rings is 2. The van der Waals surface area contributed by atoms with Gasteiger partial charge in [-0.15, -0.1) is 0 Å². The van der Waals surface area contributed by atoms with Crippen molar-refractivity contribution in [2.45, 2.75) is 55.7 Å². The molecule has 0 amide bonds. The summed E-state index contributed by atoms with van der Waals surface area (Å²) in [5, 5.41) is -0.208. The van der Waals surface area contributed by atoms with Gasteiger partial charge in [0.25, 0.3) is 0 Å². The molecule has 25 heavy (non-hydrogen) atoms. The maximum Gasteiger partial charge on any atom is 0.202 e. The van der Waals surface area contributed by atoms with Crippen LogP contribution in [0.15, 0.2) is 58.3 Å². The fourth-order valence-electron chi connectivity index (χ4n) is 2.54. The molecule has 0 atom stereocenters. The molecule has 4 heteroatoms. The van der Waals surface area contributed by atoms with Gasteiger partial charge in [0.2, 0.25) is 10.2 Å². The van der Waals surface area contributed by atoms with Crippen LogP contribution < -0.4 is 0 Å². The standard InChI is InChI=1S/C21H24O2S2/c1-14(2)16-9-5-7-11-18(16)24-20(22)13-21(23)25-19-12-8-6-10-17(19)15(3)4/h5-12,14-15H,13H2,1-4H3. The Balaban J connectivity index is 2.01. The van der Waals surface area contributed by atoms with E-state index in [0.29, 0.717) is 11.8 Å². The minimum atomic E-state index is -0.104. The largest absolute Gasteiger partial charge is 0.286 e. The molecule has 0 aliphatic carbocycles. The van der Waals surface area contributed by atoms with Crippen LogP contribution in [0.1, 0.15) is 57.1 Å². The molecular formula is C21H24O2S2. The summed E-state index contributed by atoms with van der Waals surface area (Å²) in [6, 6.07) is 15.8. The molecule has 0 radical (unpaired) electrons. The highest BCUT2D eigenvalue weighted by Crippen LogP contribution is 2.32. The molecule has 0 N–H and O–H groups in total. The summed E-state index contributed by atoms with van der Waals surface area (Å²) in [6.07, 6.45) is -0.0613. The van der Waals surface area contributed by atoms with Gasteiger partial charge in [-0.25, -0.2) is 0 Å². The van der Waals surface area contributed by atoms with Gasteiger partial charge in [0.1, 0.15) is 0 Å². The third-order valence-electron chi connectivity index (χ3n) is 3.82. The fraction of sp³-hybridized carbons (Fsp3) is 0.333. The van der Waals surface area contributed by atoms with Gasteiger partial charge in [-0.05, 0) is 35.1 Å². The summed E-state index contributed by atoms with van der Waals surface area (Å²) in [7, 11) is 0. The van der Waals surface area contributed by atoms with E-state index in [0.717, 1.165) is 20.9 Å². The molecule has 0 aromatic heterocycles. The first-order valence-corrected chi connectivity index (χ1v) is 10.1. The van der Waals surface area contributed by atoms with Crippen LogP contribution >= 0.6 is 23.5 Å². The molecule has 0 spiro atoms. The van der Waals surface area contributed by atoms with E-state index >= 15 is 0 Å². The van der Waals surface area contributed by atoms with E-state index in [1.165, 1.54) is 23.5 Å². The van der Waals surface area contributed by atoms with Crippen molar-refractivity contribution in [3.05, 3.63) is 59.7 Å². The van der Waals surface area contributed by atoms with E-state index in [-0.39, 0.29) is 16.7 Å². The molecule has 2 aromatic carbocycles. The van der Waals surface area contributed by atoms with Crippen molar-refractivity contribution in [1.29, 1.82) is 0 Å². The number of hydrogen-bond donors (Lipinski definition) is 0. The molecule has 0 unspecified atom stereocenters. The molecule has 0 aliphatic rings. The molecule has 0 fully saturated rings. The fourth-order valence-corrected chi connectivity index (χ4v) is 4.66. The van der Waals surface area contributed by atoms with Crippen LogP contribution in [-0.2, 0) is 9.59 Å². The molecule has 2 aromatic rings. The van der Waals surface area contributed by atoms with Gasteiger partial charge in [0.05, 0.1) is 6.42 Å². The minimum absolute atomic E-state index is 0.0613. The maximum absolute atomic E-state index is 12.3. The summed E-state index contributed by atoms with van der Waals surface area (Å²) in [6.45, 7) is 8.42. The van der Waals surface area contributed by atoms with Crippen molar-refractivity contribution in [3.8, 4) is 0 Å². The highest BCUT2D eigenvalue weighted by molar-refractivity contribution is 8.15. The second-order valence-electron chi connectivity index (χ2n) is 6.51. The summed E-state index contributed by atoms with van der Waals surface area (Å²) in [4.78, 5) is 26.6. The summed E-state index contributed by atoms with van der Waals surface area (Å²) in [5.41, 5.74) is 2.29.